The van der Waals surface area contributed by atoms with E-state index in [0.717, 1.165) is 39.4 Å². The van der Waals surface area contributed by atoms with Crippen molar-refractivity contribution in [1.82, 2.24) is 15.2 Å². The van der Waals surface area contributed by atoms with Crippen molar-refractivity contribution in [1.29, 1.82) is 0 Å². The molecule has 4 nitrogen and oxygen atoms in total. The summed E-state index contributed by atoms with van der Waals surface area (Å²) in [5.74, 6) is 2.03. The number of nitrogens with one attached hydrogen (secondary N) is 1. The van der Waals surface area contributed by atoms with Crippen LogP contribution in [0.2, 0.25) is 0 Å². The van der Waals surface area contributed by atoms with Crippen molar-refractivity contribution in [2.45, 2.75) is 19.8 Å². The van der Waals surface area contributed by atoms with Gasteiger partial charge in [0.25, 0.3) is 0 Å². The van der Waals surface area contributed by atoms with Crippen molar-refractivity contribution >= 4 is 10.9 Å². The standard InChI is InChI=1S/C21H19N3O/c1-14(2)19-9-5-16-13-18(8-10-20(16)23-19)25-17-6-3-15(4-7-17)21-11-12-22-24-21/h3-14H,1-2H3,(H,22,24). The first kappa shape index (κ1) is 15.4. The molecule has 0 saturated heterocycles. The molecule has 0 atom stereocenters. The van der Waals surface area contributed by atoms with Gasteiger partial charge in [-0.15, -0.1) is 0 Å². The van der Waals surface area contributed by atoms with E-state index in [1.165, 1.54) is 0 Å². The van der Waals surface area contributed by atoms with Gasteiger partial charge in [-0.25, -0.2) is 0 Å². The maximum absolute atomic E-state index is 5.98. The summed E-state index contributed by atoms with van der Waals surface area (Å²) in [4.78, 5) is 4.70. The van der Waals surface area contributed by atoms with Crippen molar-refractivity contribution < 1.29 is 4.74 Å². The van der Waals surface area contributed by atoms with Crippen LogP contribution in [-0.2, 0) is 0 Å². The second kappa shape index (κ2) is 6.40. The van der Waals surface area contributed by atoms with Crippen LogP contribution in [0.4, 0.5) is 0 Å². The predicted molar refractivity (Wildman–Crippen MR) is 99.9 cm³/mol. The van der Waals surface area contributed by atoms with E-state index in [1.807, 2.05) is 48.5 Å². The van der Waals surface area contributed by atoms with E-state index in [9.17, 15) is 0 Å². The van der Waals surface area contributed by atoms with E-state index in [-0.39, 0.29) is 0 Å². The van der Waals surface area contributed by atoms with Crippen molar-refractivity contribution in [3.05, 3.63) is 72.6 Å². The van der Waals surface area contributed by atoms with Crippen LogP contribution < -0.4 is 4.74 Å². The number of pyridine rings is 1. The first-order valence-electron chi connectivity index (χ1n) is 8.37. The number of fused-ring (bicyclic) bond motifs is 1. The van der Waals surface area contributed by atoms with E-state index in [2.05, 4.69) is 36.2 Å². The molecule has 25 heavy (non-hydrogen) atoms. The fourth-order valence-electron chi connectivity index (χ4n) is 2.76. The molecule has 0 saturated carbocycles. The molecule has 0 aliphatic heterocycles. The number of nitrogens with zero attached hydrogens (tertiary/aromatic N) is 2. The van der Waals surface area contributed by atoms with Crippen molar-refractivity contribution in [2.75, 3.05) is 0 Å². The molecule has 124 valence electrons. The Kier molecular flexibility index (Phi) is 3.94. The summed E-state index contributed by atoms with van der Waals surface area (Å²) in [5.41, 5.74) is 4.17. The molecule has 0 amide bonds. The fraction of sp³-hybridized carbons (Fsp3) is 0.143. The van der Waals surface area contributed by atoms with E-state index in [4.69, 9.17) is 9.72 Å². The molecule has 4 rings (SSSR count). The minimum atomic E-state index is 0.425. The summed E-state index contributed by atoms with van der Waals surface area (Å²) in [6.07, 6.45) is 1.74. The monoisotopic (exact) mass is 329 g/mol. The van der Waals surface area contributed by atoms with Crippen LogP contribution in [0.5, 0.6) is 11.5 Å². The zero-order chi connectivity index (χ0) is 17.2. The maximum Gasteiger partial charge on any atom is 0.128 e. The van der Waals surface area contributed by atoms with Gasteiger partial charge < -0.3 is 4.74 Å². The molecule has 0 aliphatic rings. The number of aromatic amines is 1. The molecule has 0 radical (unpaired) electrons. The average Bonchev–Trinajstić information content (AvgIpc) is 3.16. The second-order valence-corrected chi connectivity index (χ2v) is 6.34. The molecular formula is C21H19N3O. The third-order valence-electron chi connectivity index (χ3n) is 4.18. The van der Waals surface area contributed by atoms with Gasteiger partial charge in [0.2, 0.25) is 0 Å². The Hall–Kier alpha value is -3.14. The van der Waals surface area contributed by atoms with Crippen LogP contribution in [-0.4, -0.2) is 15.2 Å². The summed E-state index contributed by atoms with van der Waals surface area (Å²) in [7, 11) is 0. The lowest BCUT2D eigenvalue weighted by Crippen LogP contribution is -1.92. The fourth-order valence-corrected chi connectivity index (χ4v) is 2.76. The van der Waals surface area contributed by atoms with Crippen LogP contribution in [0.25, 0.3) is 22.2 Å². The molecule has 0 bridgehead atoms. The van der Waals surface area contributed by atoms with Crippen molar-refractivity contribution in [2.24, 2.45) is 0 Å². The van der Waals surface area contributed by atoms with Gasteiger partial charge in [0, 0.05) is 17.3 Å². The van der Waals surface area contributed by atoms with Gasteiger partial charge in [0.05, 0.1) is 11.2 Å². The molecular weight excluding hydrogens is 310 g/mol. The van der Waals surface area contributed by atoms with Gasteiger partial charge in [-0.1, -0.05) is 19.9 Å². The first-order valence-corrected chi connectivity index (χ1v) is 8.37. The molecule has 4 aromatic rings. The minimum absolute atomic E-state index is 0.425. The Morgan fingerprint density at radius 3 is 2.40 bits per heavy atom. The molecule has 0 aliphatic carbocycles. The minimum Gasteiger partial charge on any atom is -0.457 e. The molecule has 4 heteroatoms. The molecule has 2 aromatic carbocycles. The lowest BCUT2D eigenvalue weighted by Gasteiger charge is -2.09. The lowest BCUT2D eigenvalue weighted by molar-refractivity contribution is 0.483. The summed E-state index contributed by atoms with van der Waals surface area (Å²) < 4.78 is 5.98. The lowest BCUT2D eigenvalue weighted by atomic mass is 10.1. The molecule has 0 fully saturated rings. The number of benzene rings is 2. The number of H-pyrrole nitrogens is 1. The largest absolute Gasteiger partial charge is 0.457 e. The third-order valence-corrected chi connectivity index (χ3v) is 4.18. The Morgan fingerprint density at radius 1 is 0.880 bits per heavy atom. The molecule has 1 N–H and O–H groups in total. The highest BCUT2D eigenvalue weighted by molar-refractivity contribution is 5.80. The van der Waals surface area contributed by atoms with Gasteiger partial charge in [0.1, 0.15) is 11.5 Å². The number of hydrogen-bond acceptors (Lipinski definition) is 3. The number of rotatable bonds is 4. The molecule has 0 unspecified atom stereocenters. The topological polar surface area (TPSA) is 50.8 Å². The van der Waals surface area contributed by atoms with Crippen LogP contribution in [0.15, 0.2) is 66.9 Å². The second-order valence-electron chi connectivity index (χ2n) is 6.34. The highest BCUT2D eigenvalue weighted by Crippen LogP contribution is 2.27. The van der Waals surface area contributed by atoms with Gasteiger partial charge in [0.15, 0.2) is 0 Å². The normalized spacial score (nSPS) is 11.2. The van der Waals surface area contributed by atoms with Crippen molar-refractivity contribution in [3.63, 3.8) is 0 Å². The first-order chi connectivity index (χ1) is 12.2. The molecule has 2 aromatic heterocycles. The van der Waals surface area contributed by atoms with Crippen LogP contribution in [0, 0.1) is 0 Å². The Morgan fingerprint density at radius 2 is 1.68 bits per heavy atom. The van der Waals surface area contributed by atoms with E-state index >= 15 is 0 Å². The van der Waals surface area contributed by atoms with Gasteiger partial charge >= 0.3 is 0 Å². The SMILES string of the molecule is CC(C)c1ccc2cc(Oc3ccc(-c4ccn[nH]4)cc3)ccc2n1. The number of aromatic nitrogens is 3. The summed E-state index contributed by atoms with van der Waals surface area (Å²) >= 11 is 0. The summed E-state index contributed by atoms with van der Waals surface area (Å²) in [6, 6.07) is 20.1. The Balaban J connectivity index is 1.57. The average molecular weight is 329 g/mol. The van der Waals surface area contributed by atoms with Gasteiger partial charge in [-0.3, -0.25) is 10.1 Å². The number of ether oxygens (including phenoxy) is 1. The maximum atomic E-state index is 5.98. The Bertz CT molecular complexity index is 990. The highest BCUT2D eigenvalue weighted by atomic mass is 16.5. The zero-order valence-corrected chi connectivity index (χ0v) is 14.2. The number of hydrogen-bond donors (Lipinski definition) is 1. The van der Waals surface area contributed by atoms with E-state index < -0.39 is 0 Å². The van der Waals surface area contributed by atoms with Gasteiger partial charge in [-0.05, 0) is 66.1 Å². The highest BCUT2D eigenvalue weighted by Gasteiger charge is 2.05. The molecule has 2 heterocycles. The third kappa shape index (κ3) is 3.24. The quantitative estimate of drug-likeness (QED) is 0.535. The van der Waals surface area contributed by atoms with E-state index in [0.29, 0.717) is 5.92 Å². The van der Waals surface area contributed by atoms with E-state index in [1.54, 1.807) is 6.20 Å². The Labute approximate surface area is 146 Å². The molecule has 0 spiro atoms. The van der Waals surface area contributed by atoms with Crippen LogP contribution in [0.3, 0.4) is 0 Å². The predicted octanol–water partition coefficient (Wildman–Crippen LogP) is 5.54. The van der Waals surface area contributed by atoms with Crippen LogP contribution in [0.1, 0.15) is 25.5 Å². The summed E-state index contributed by atoms with van der Waals surface area (Å²) in [6.45, 7) is 4.30. The van der Waals surface area contributed by atoms with Crippen molar-refractivity contribution in [3.8, 4) is 22.8 Å². The van der Waals surface area contributed by atoms with Crippen LogP contribution >= 0.6 is 0 Å². The van der Waals surface area contributed by atoms with Gasteiger partial charge in [-0.2, -0.15) is 5.10 Å². The zero-order valence-electron chi connectivity index (χ0n) is 14.2. The summed E-state index contributed by atoms with van der Waals surface area (Å²) in [5, 5.41) is 8.01. The smallest absolute Gasteiger partial charge is 0.128 e.